The van der Waals surface area contributed by atoms with Crippen LogP contribution in [0, 0.1) is 0 Å². The quantitative estimate of drug-likeness (QED) is 0.297. The molecule has 0 unspecified atom stereocenters. The van der Waals surface area contributed by atoms with Crippen molar-refractivity contribution in [2.45, 2.75) is 52.4 Å². The topological polar surface area (TPSA) is 100 Å². The first-order valence-corrected chi connectivity index (χ1v) is 10.3. The van der Waals surface area contributed by atoms with E-state index in [0.717, 1.165) is 25.7 Å². The minimum Gasteiger partial charge on any atom is -0.466 e. The lowest BCUT2D eigenvalue weighted by Crippen LogP contribution is -2.52. The number of carbonyl (C=O) groups is 3. The molecule has 160 valence electrons. The zero-order valence-electron chi connectivity index (χ0n) is 16.8. The van der Waals surface area contributed by atoms with E-state index < -0.39 is 0 Å². The maximum absolute atomic E-state index is 12.4. The molecule has 0 aromatic carbocycles. The standard InChI is InChI=1S/C18H32N4O5S/c1-3-26-15(23)9-6-5-7-11-19-17(25)21-13-8-14-22(21)18(28)20-12-10-16(24)27-4-2/h3-14H2,1-2H3,(H,19,25)(H,20,28). The molecule has 28 heavy (non-hydrogen) atoms. The molecule has 9 nitrogen and oxygen atoms in total. The van der Waals surface area contributed by atoms with Gasteiger partial charge in [-0.2, -0.15) is 0 Å². The highest BCUT2D eigenvalue weighted by Crippen LogP contribution is 2.11. The predicted octanol–water partition coefficient (Wildman–Crippen LogP) is 1.57. The molecule has 0 saturated carbocycles. The van der Waals surface area contributed by atoms with E-state index in [1.54, 1.807) is 23.9 Å². The minimum atomic E-state index is -0.281. The Morgan fingerprint density at radius 2 is 1.50 bits per heavy atom. The number of esters is 2. The van der Waals surface area contributed by atoms with Crippen LogP contribution in [0.4, 0.5) is 4.79 Å². The number of hydrazine groups is 1. The predicted molar refractivity (Wildman–Crippen MR) is 108 cm³/mol. The molecule has 1 saturated heterocycles. The molecular weight excluding hydrogens is 384 g/mol. The average molecular weight is 417 g/mol. The van der Waals surface area contributed by atoms with Crippen molar-refractivity contribution in [1.29, 1.82) is 0 Å². The number of amides is 2. The normalized spacial score (nSPS) is 13.2. The number of thiocarbonyl (C=S) groups is 1. The molecular formula is C18H32N4O5S. The van der Waals surface area contributed by atoms with Crippen molar-refractivity contribution in [2.24, 2.45) is 0 Å². The zero-order chi connectivity index (χ0) is 20.8. The van der Waals surface area contributed by atoms with Gasteiger partial charge in [0.25, 0.3) is 0 Å². The average Bonchev–Trinajstić information content (AvgIpc) is 3.14. The molecule has 0 aliphatic carbocycles. The fourth-order valence-electron chi connectivity index (χ4n) is 2.72. The summed E-state index contributed by atoms with van der Waals surface area (Å²) in [6.45, 7) is 6.45. The Morgan fingerprint density at radius 1 is 0.857 bits per heavy atom. The third-order valence-electron chi connectivity index (χ3n) is 4.05. The van der Waals surface area contributed by atoms with Gasteiger partial charge in [-0.05, 0) is 45.3 Å². The van der Waals surface area contributed by atoms with Crippen molar-refractivity contribution >= 4 is 35.3 Å². The number of nitrogens with one attached hydrogen (secondary N) is 2. The SMILES string of the molecule is CCOC(=O)CCCCCNC(=O)N1CCCN1C(=S)NCCC(=O)OCC. The number of rotatable bonds is 11. The Bertz CT molecular complexity index is 532. The van der Waals surface area contributed by atoms with Gasteiger partial charge >= 0.3 is 18.0 Å². The van der Waals surface area contributed by atoms with Gasteiger partial charge in [0, 0.05) is 32.6 Å². The molecule has 0 bridgehead atoms. The second kappa shape index (κ2) is 14.0. The summed E-state index contributed by atoms with van der Waals surface area (Å²) in [6, 6.07) is -0.197. The fraction of sp³-hybridized carbons (Fsp3) is 0.778. The van der Waals surface area contributed by atoms with Crippen LogP contribution in [0.3, 0.4) is 0 Å². The minimum absolute atomic E-state index is 0.178. The third kappa shape index (κ3) is 9.20. The number of carbonyl (C=O) groups excluding carboxylic acids is 3. The van der Waals surface area contributed by atoms with Crippen LogP contribution >= 0.6 is 12.2 Å². The van der Waals surface area contributed by atoms with Crippen molar-refractivity contribution in [3.63, 3.8) is 0 Å². The van der Waals surface area contributed by atoms with E-state index in [1.807, 2.05) is 0 Å². The van der Waals surface area contributed by atoms with E-state index >= 15 is 0 Å². The first-order chi connectivity index (χ1) is 13.5. The molecule has 1 aliphatic rings. The Hall–Kier alpha value is -2.10. The number of urea groups is 1. The first kappa shape index (κ1) is 23.9. The van der Waals surface area contributed by atoms with Crippen molar-refractivity contribution in [2.75, 3.05) is 39.4 Å². The van der Waals surface area contributed by atoms with Crippen molar-refractivity contribution in [3.8, 4) is 0 Å². The van der Waals surface area contributed by atoms with Crippen LogP contribution in [0.1, 0.15) is 52.4 Å². The summed E-state index contributed by atoms with van der Waals surface area (Å²) < 4.78 is 9.75. The van der Waals surface area contributed by atoms with Crippen LogP contribution in [-0.4, -0.2) is 72.5 Å². The highest BCUT2D eigenvalue weighted by molar-refractivity contribution is 7.80. The van der Waals surface area contributed by atoms with Gasteiger partial charge in [-0.15, -0.1) is 0 Å². The number of unbranched alkanes of at least 4 members (excludes halogenated alkanes) is 2. The van der Waals surface area contributed by atoms with E-state index in [9.17, 15) is 14.4 Å². The summed E-state index contributed by atoms with van der Waals surface area (Å²) in [4.78, 5) is 35.0. The number of nitrogens with zero attached hydrogens (tertiary/aromatic N) is 2. The van der Waals surface area contributed by atoms with Gasteiger partial charge in [0.1, 0.15) is 0 Å². The summed E-state index contributed by atoms with van der Waals surface area (Å²) in [5, 5.41) is 9.60. The maximum Gasteiger partial charge on any atom is 0.336 e. The second-order valence-corrected chi connectivity index (χ2v) is 6.62. The molecule has 1 rings (SSSR count). The van der Waals surface area contributed by atoms with Crippen LogP contribution in [-0.2, 0) is 19.1 Å². The molecule has 10 heteroatoms. The Morgan fingerprint density at radius 3 is 2.18 bits per heavy atom. The third-order valence-corrected chi connectivity index (χ3v) is 4.41. The van der Waals surface area contributed by atoms with Crippen molar-refractivity contribution in [1.82, 2.24) is 20.7 Å². The molecule has 1 heterocycles. The van der Waals surface area contributed by atoms with E-state index in [0.29, 0.717) is 50.9 Å². The van der Waals surface area contributed by atoms with Crippen LogP contribution in [0.15, 0.2) is 0 Å². The summed E-state index contributed by atoms with van der Waals surface area (Å²) in [5.41, 5.74) is 0. The van der Waals surface area contributed by atoms with Gasteiger partial charge in [-0.1, -0.05) is 6.42 Å². The second-order valence-electron chi connectivity index (χ2n) is 6.23. The summed E-state index contributed by atoms with van der Waals surface area (Å²) in [7, 11) is 0. The smallest absolute Gasteiger partial charge is 0.336 e. The van der Waals surface area contributed by atoms with Gasteiger partial charge in [0.05, 0.1) is 19.6 Å². The van der Waals surface area contributed by atoms with Crippen LogP contribution in [0.2, 0.25) is 0 Å². The Balaban J connectivity index is 2.23. The van der Waals surface area contributed by atoms with Gasteiger partial charge < -0.3 is 20.1 Å². The Labute approximate surface area is 172 Å². The largest absolute Gasteiger partial charge is 0.466 e. The van der Waals surface area contributed by atoms with Gasteiger partial charge in [-0.3, -0.25) is 14.6 Å². The van der Waals surface area contributed by atoms with Gasteiger partial charge in [0.2, 0.25) is 0 Å². The molecule has 0 aromatic rings. The van der Waals surface area contributed by atoms with E-state index in [4.69, 9.17) is 21.7 Å². The molecule has 2 amide bonds. The zero-order valence-corrected chi connectivity index (χ0v) is 17.6. The van der Waals surface area contributed by atoms with E-state index in [2.05, 4.69) is 10.6 Å². The lowest BCUT2D eigenvalue weighted by atomic mass is 10.2. The monoisotopic (exact) mass is 416 g/mol. The fourth-order valence-corrected chi connectivity index (χ4v) is 3.01. The van der Waals surface area contributed by atoms with Gasteiger partial charge in [0.15, 0.2) is 5.11 Å². The van der Waals surface area contributed by atoms with E-state index in [1.165, 1.54) is 0 Å². The van der Waals surface area contributed by atoms with Crippen LogP contribution in [0.5, 0.6) is 0 Å². The van der Waals surface area contributed by atoms with Gasteiger partial charge in [-0.25, -0.2) is 9.80 Å². The summed E-state index contributed by atoms with van der Waals surface area (Å²) in [5.74, 6) is -0.458. The molecule has 0 radical (unpaired) electrons. The first-order valence-electron chi connectivity index (χ1n) is 9.91. The number of hydrogen-bond donors (Lipinski definition) is 2. The van der Waals surface area contributed by atoms with Crippen molar-refractivity contribution in [3.05, 3.63) is 0 Å². The molecule has 0 spiro atoms. The maximum atomic E-state index is 12.4. The van der Waals surface area contributed by atoms with Crippen LogP contribution in [0.25, 0.3) is 0 Å². The summed E-state index contributed by atoms with van der Waals surface area (Å²) >= 11 is 5.34. The van der Waals surface area contributed by atoms with Crippen molar-refractivity contribution < 1.29 is 23.9 Å². The van der Waals surface area contributed by atoms with Crippen LogP contribution < -0.4 is 10.6 Å². The lowest BCUT2D eigenvalue weighted by Gasteiger charge is -2.30. The number of ether oxygens (including phenoxy) is 2. The van der Waals surface area contributed by atoms with E-state index in [-0.39, 0.29) is 24.4 Å². The molecule has 0 atom stereocenters. The Kier molecular flexibility index (Phi) is 11.9. The molecule has 1 fully saturated rings. The lowest BCUT2D eigenvalue weighted by molar-refractivity contribution is -0.144. The molecule has 2 N–H and O–H groups in total. The molecule has 1 aliphatic heterocycles. The summed E-state index contributed by atoms with van der Waals surface area (Å²) in [6.07, 6.45) is 3.84. The molecule has 0 aromatic heterocycles. The number of hydrogen-bond acceptors (Lipinski definition) is 6. The highest BCUT2D eigenvalue weighted by atomic mass is 32.1. The highest BCUT2D eigenvalue weighted by Gasteiger charge is 2.28.